The molecule has 0 bridgehead atoms. The zero-order chi connectivity index (χ0) is 4.41. The molecule has 0 unspecified atom stereocenters. The summed E-state index contributed by atoms with van der Waals surface area (Å²) in [4.78, 5) is 1.04. The van der Waals surface area contributed by atoms with Crippen molar-refractivity contribution in [3.8, 4) is 0 Å². The van der Waals surface area contributed by atoms with Crippen LogP contribution in [0.15, 0.2) is 29.2 Å². The zero-order valence-corrected chi connectivity index (χ0v) is 4.15. The molecule has 0 aliphatic carbocycles. The molecule has 0 saturated heterocycles. The Morgan fingerprint density at radius 1 is 1.67 bits per heavy atom. The summed E-state index contributed by atoms with van der Waals surface area (Å²) in [5, 5.41) is 0. The highest BCUT2D eigenvalue weighted by Gasteiger charge is 1.62. The Labute approximate surface area is 42.6 Å². The minimum Gasteiger partial charge on any atom is -0.213 e. The van der Waals surface area contributed by atoms with Crippen molar-refractivity contribution in [3.05, 3.63) is 24.3 Å². The Hall–Kier alpha value is -0.300. The van der Waals surface area contributed by atoms with E-state index in [9.17, 15) is 0 Å². The molecule has 1 aromatic rings. The van der Waals surface area contributed by atoms with Crippen molar-refractivity contribution in [2.75, 3.05) is 0 Å². The summed E-state index contributed by atoms with van der Waals surface area (Å²) in [6, 6.07) is 7.82. The molecule has 1 aromatic carbocycles. The summed E-state index contributed by atoms with van der Waals surface area (Å²) < 4.78 is 0. The summed E-state index contributed by atoms with van der Waals surface area (Å²) in [6.07, 6.45) is 0. The maximum Gasteiger partial charge on any atom is -0.116 e. The van der Waals surface area contributed by atoms with Gasteiger partial charge in [-0.15, -0.1) is 4.90 Å². The number of hydrogen-bond acceptors (Lipinski definition) is 1. The van der Waals surface area contributed by atoms with Gasteiger partial charge in [-0.3, -0.25) is 0 Å². The number of hydrogen-bond donors (Lipinski definition) is 1. The summed E-state index contributed by atoms with van der Waals surface area (Å²) in [5.74, 6) is 0. The molecule has 1 heteroatoms. The molecular weight excluding hydrogens is 92.1 g/mol. The zero-order valence-electron chi connectivity index (χ0n) is 3.26. The van der Waals surface area contributed by atoms with Gasteiger partial charge in [0.15, 0.2) is 0 Å². The molecule has 0 saturated carbocycles. The number of thiol groups is 1. The molecule has 0 N–H and O–H groups in total. The lowest BCUT2D eigenvalue weighted by Gasteiger charge is -1.76. The molecule has 0 aromatic heterocycles. The lowest BCUT2D eigenvalue weighted by Crippen LogP contribution is -1.37. The van der Waals surface area contributed by atoms with Crippen molar-refractivity contribution in [2.45, 2.75) is 4.90 Å². The maximum absolute atomic E-state index is 4.04. The van der Waals surface area contributed by atoms with E-state index in [-0.39, 0.29) is 0 Å². The van der Waals surface area contributed by atoms with Crippen LogP contribution < -0.4 is 0 Å². The second-order valence-corrected chi connectivity index (χ2v) is 1.66. The first-order valence-corrected chi connectivity index (χ1v) is 2.25. The van der Waals surface area contributed by atoms with Gasteiger partial charge in [0.25, 0.3) is 0 Å². The normalized spacial score (nSPS) is 8.83. The van der Waals surface area contributed by atoms with Gasteiger partial charge in [-0.1, -0.05) is 0 Å². The Kier molecular flexibility index (Phi) is 0.926. The van der Waals surface area contributed by atoms with Crippen LogP contribution in [0.1, 0.15) is 0 Å². The van der Waals surface area contributed by atoms with Gasteiger partial charge in [-0.2, -0.15) is 24.8 Å². The molecule has 0 heterocycles. The minimum absolute atomic E-state index is 1.04. The van der Waals surface area contributed by atoms with Crippen LogP contribution in [-0.4, -0.2) is 0 Å². The van der Waals surface area contributed by atoms with Crippen molar-refractivity contribution < 1.29 is 0 Å². The van der Waals surface area contributed by atoms with E-state index in [1.165, 1.54) is 0 Å². The van der Waals surface area contributed by atoms with Gasteiger partial charge in [0.1, 0.15) is 0 Å². The Morgan fingerprint density at radius 3 is 2.67 bits per heavy atom. The predicted molar refractivity (Wildman–Crippen MR) is 29.3 cm³/mol. The highest BCUT2D eigenvalue weighted by Crippen LogP contribution is 2.02. The minimum atomic E-state index is 1.04. The van der Waals surface area contributed by atoms with Crippen LogP contribution in [0.5, 0.6) is 0 Å². The molecule has 0 amide bonds. The van der Waals surface area contributed by atoms with Crippen LogP contribution in [0.2, 0.25) is 0 Å². The molecule has 0 aliphatic rings. The highest BCUT2D eigenvalue weighted by molar-refractivity contribution is 7.80. The molecular formula is C5H5S-. The van der Waals surface area contributed by atoms with Gasteiger partial charge in [-0.05, 0) is 0 Å². The van der Waals surface area contributed by atoms with Crippen LogP contribution in [0.25, 0.3) is 0 Å². The smallest absolute Gasteiger partial charge is 0.116 e. The third-order valence-electron chi connectivity index (χ3n) is 0.645. The lowest BCUT2D eigenvalue weighted by atomic mass is 10.7. The van der Waals surface area contributed by atoms with E-state index in [0.29, 0.717) is 0 Å². The van der Waals surface area contributed by atoms with E-state index in [1.54, 1.807) is 0 Å². The van der Waals surface area contributed by atoms with Crippen molar-refractivity contribution in [1.29, 1.82) is 0 Å². The molecule has 6 heavy (non-hydrogen) atoms. The molecule has 1 rings (SSSR count). The van der Waals surface area contributed by atoms with Crippen LogP contribution in [-0.2, 0) is 0 Å². The van der Waals surface area contributed by atoms with Crippen LogP contribution >= 0.6 is 12.6 Å². The molecule has 0 atom stereocenters. The monoisotopic (exact) mass is 97.0 g/mol. The molecule has 32 valence electrons. The van der Waals surface area contributed by atoms with Gasteiger partial charge in [0, 0.05) is 0 Å². The fraction of sp³-hybridized carbons (Fsp3) is 0. The van der Waals surface area contributed by atoms with Crippen molar-refractivity contribution in [3.63, 3.8) is 0 Å². The van der Waals surface area contributed by atoms with Gasteiger partial charge in [0.05, 0.1) is 0 Å². The second-order valence-electron chi connectivity index (χ2n) is 1.14. The Bertz CT molecular complexity index is 107. The fourth-order valence-corrected chi connectivity index (χ4v) is 0.536. The van der Waals surface area contributed by atoms with E-state index in [2.05, 4.69) is 12.6 Å². The topological polar surface area (TPSA) is 0 Å². The van der Waals surface area contributed by atoms with Crippen LogP contribution in [0.4, 0.5) is 0 Å². The Morgan fingerprint density at radius 2 is 2.50 bits per heavy atom. The van der Waals surface area contributed by atoms with E-state index in [0.717, 1.165) is 4.90 Å². The van der Waals surface area contributed by atoms with Crippen LogP contribution in [0.3, 0.4) is 0 Å². The summed E-state index contributed by atoms with van der Waals surface area (Å²) in [5.41, 5.74) is 0. The van der Waals surface area contributed by atoms with E-state index < -0.39 is 0 Å². The highest BCUT2D eigenvalue weighted by atomic mass is 32.1. The lowest BCUT2D eigenvalue weighted by molar-refractivity contribution is 1.61. The van der Waals surface area contributed by atoms with Gasteiger partial charge in [-0.25, -0.2) is 12.1 Å². The third-order valence-corrected chi connectivity index (χ3v) is 0.943. The van der Waals surface area contributed by atoms with E-state index >= 15 is 0 Å². The average molecular weight is 97.2 g/mol. The average Bonchev–Trinajstić information content (AvgIpc) is 1.86. The standard InChI is InChI=1S/C5H5S/c6-5-3-1-2-4-5/h1-4,6H/q-1. The van der Waals surface area contributed by atoms with Crippen molar-refractivity contribution in [1.82, 2.24) is 0 Å². The van der Waals surface area contributed by atoms with Crippen molar-refractivity contribution >= 4 is 12.6 Å². The quantitative estimate of drug-likeness (QED) is 0.369. The first kappa shape index (κ1) is 3.88. The van der Waals surface area contributed by atoms with Gasteiger partial charge >= 0.3 is 0 Å². The Balaban J connectivity index is 3.05. The maximum atomic E-state index is 4.04. The van der Waals surface area contributed by atoms with E-state index in [1.807, 2.05) is 24.3 Å². The SMILES string of the molecule is Sc1ccc[cH-]1. The summed E-state index contributed by atoms with van der Waals surface area (Å²) in [6.45, 7) is 0. The molecule has 0 spiro atoms. The first-order valence-electron chi connectivity index (χ1n) is 1.80. The van der Waals surface area contributed by atoms with E-state index in [4.69, 9.17) is 0 Å². The predicted octanol–water partition coefficient (Wildman–Crippen LogP) is 1.69. The molecule has 0 fully saturated rings. The molecule has 0 nitrogen and oxygen atoms in total. The largest absolute Gasteiger partial charge is 0.213 e. The second kappa shape index (κ2) is 1.43. The summed E-state index contributed by atoms with van der Waals surface area (Å²) >= 11 is 4.04. The molecule has 0 radical (unpaired) electrons. The van der Waals surface area contributed by atoms with Crippen LogP contribution in [0, 0.1) is 0 Å². The number of rotatable bonds is 0. The van der Waals surface area contributed by atoms with Gasteiger partial charge in [0.2, 0.25) is 0 Å². The molecule has 0 aliphatic heterocycles. The van der Waals surface area contributed by atoms with Gasteiger partial charge < -0.3 is 0 Å². The van der Waals surface area contributed by atoms with Crippen molar-refractivity contribution in [2.24, 2.45) is 0 Å². The summed E-state index contributed by atoms with van der Waals surface area (Å²) in [7, 11) is 0. The third kappa shape index (κ3) is 0.601. The fourth-order valence-electron chi connectivity index (χ4n) is 0.364. The first-order chi connectivity index (χ1) is 2.89.